The van der Waals surface area contributed by atoms with Gasteiger partial charge in [0.05, 0.1) is 0 Å². The van der Waals surface area contributed by atoms with E-state index in [1.165, 1.54) is 48.3 Å². The summed E-state index contributed by atoms with van der Waals surface area (Å²) in [5.74, 6) is -14.2. The molecule has 33 heavy (non-hydrogen) atoms. The van der Waals surface area contributed by atoms with Crippen molar-refractivity contribution in [1.82, 2.24) is 0 Å². The molecule has 0 rings (SSSR count). The van der Waals surface area contributed by atoms with Gasteiger partial charge in [-0.1, -0.05) is 107 Å². The molecule has 2 atom stereocenters. The molecule has 0 aliphatic rings. The van der Waals surface area contributed by atoms with Crippen molar-refractivity contribution < 1.29 is 48.3 Å². The van der Waals surface area contributed by atoms with E-state index in [1.807, 2.05) is 0 Å². The second-order valence-electron chi connectivity index (χ2n) is 8.42. The van der Waals surface area contributed by atoms with Gasteiger partial charge in [-0.3, -0.25) is 0 Å². The fraction of sp³-hybridized carbons (Fsp3) is 1.00. The minimum atomic E-state index is -7.18. The van der Waals surface area contributed by atoms with Crippen LogP contribution in [-0.4, -0.2) is 33.8 Å². The SMILES string of the molecule is CCCCCCCCCCCCCCC(I)CC(F)(C(F)(F)F)C(F)(F)C(F)(F)C(F)(F)F. The summed E-state index contributed by atoms with van der Waals surface area (Å²) < 4.78 is 142. The highest BCUT2D eigenvalue weighted by Crippen LogP contribution is 2.59. The Morgan fingerprint density at radius 2 is 0.879 bits per heavy atom. The van der Waals surface area contributed by atoms with Crippen molar-refractivity contribution in [2.45, 2.75) is 131 Å². The van der Waals surface area contributed by atoms with Gasteiger partial charge in [0.25, 0.3) is 5.67 Å². The zero-order valence-corrected chi connectivity index (χ0v) is 20.7. The number of rotatable bonds is 17. The van der Waals surface area contributed by atoms with E-state index in [9.17, 15) is 48.3 Å². The first-order valence-electron chi connectivity index (χ1n) is 11.2. The molecule has 0 N–H and O–H groups in total. The lowest BCUT2D eigenvalue weighted by molar-refractivity contribution is -0.412. The highest BCUT2D eigenvalue weighted by atomic mass is 127. The molecule has 200 valence electrons. The Kier molecular flexibility index (Phi) is 13.9. The molecule has 0 aromatic carbocycles. The summed E-state index contributed by atoms with van der Waals surface area (Å²) in [6.45, 7) is 2.13. The Balaban J connectivity index is 4.59. The average Bonchev–Trinajstić information content (AvgIpc) is 2.66. The first-order chi connectivity index (χ1) is 15.0. The first kappa shape index (κ1) is 33.0. The zero-order valence-electron chi connectivity index (χ0n) is 18.5. The minimum Gasteiger partial charge on any atom is -0.227 e. The lowest BCUT2D eigenvalue weighted by Gasteiger charge is -2.40. The van der Waals surface area contributed by atoms with Gasteiger partial charge in [-0.25, -0.2) is 4.39 Å². The van der Waals surface area contributed by atoms with Crippen molar-refractivity contribution in [1.29, 1.82) is 0 Å². The summed E-state index contributed by atoms with van der Waals surface area (Å²) in [6, 6.07) is 0. The number of unbranched alkanes of at least 4 members (excludes halogenated alkanes) is 11. The van der Waals surface area contributed by atoms with E-state index in [4.69, 9.17) is 0 Å². The van der Waals surface area contributed by atoms with E-state index in [0.717, 1.165) is 32.1 Å². The van der Waals surface area contributed by atoms with Gasteiger partial charge in [0.2, 0.25) is 0 Å². The lowest BCUT2D eigenvalue weighted by atomic mass is 9.86. The summed E-state index contributed by atoms with van der Waals surface area (Å²) in [4.78, 5) is 0. The fourth-order valence-electron chi connectivity index (χ4n) is 3.46. The number of hydrogen-bond acceptors (Lipinski definition) is 0. The molecule has 0 aliphatic heterocycles. The van der Waals surface area contributed by atoms with Crippen LogP contribution in [0.3, 0.4) is 0 Å². The van der Waals surface area contributed by atoms with Crippen LogP contribution in [-0.2, 0) is 0 Å². The van der Waals surface area contributed by atoms with Crippen LogP contribution in [0.2, 0.25) is 0 Å². The molecular formula is C21H32F11I. The van der Waals surface area contributed by atoms with E-state index in [2.05, 4.69) is 6.92 Å². The van der Waals surface area contributed by atoms with Gasteiger partial charge >= 0.3 is 24.2 Å². The third kappa shape index (κ3) is 9.50. The lowest BCUT2D eigenvalue weighted by Crippen LogP contribution is -2.67. The molecule has 2 unspecified atom stereocenters. The molecule has 0 saturated carbocycles. The van der Waals surface area contributed by atoms with Crippen molar-refractivity contribution in [3.05, 3.63) is 0 Å². The summed E-state index contributed by atoms with van der Waals surface area (Å²) in [5.41, 5.74) is -6.03. The molecule has 0 saturated heterocycles. The van der Waals surface area contributed by atoms with Crippen LogP contribution < -0.4 is 0 Å². The van der Waals surface area contributed by atoms with Gasteiger partial charge < -0.3 is 0 Å². The summed E-state index contributed by atoms with van der Waals surface area (Å²) in [7, 11) is 0. The molecule has 0 aliphatic carbocycles. The minimum absolute atomic E-state index is 0.215. The summed E-state index contributed by atoms with van der Waals surface area (Å²) in [6.07, 6.45) is -4.75. The number of alkyl halides is 12. The quantitative estimate of drug-likeness (QED) is 0.0657. The third-order valence-corrected chi connectivity index (χ3v) is 6.63. The van der Waals surface area contributed by atoms with Gasteiger partial charge in [-0.15, -0.1) is 0 Å². The van der Waals surface area contributed by atoms with Crippen LogP contribution in [0.4, 0.5) is 48.3 Å². The number of halogens is 12. The Labute approximate surface area is 201 Å². The van der Waals surface area contributed by atoms with Gasteiger partial charge in [0.15, 0.2) is 0 Å². The van der Waals surface area contributed by atoms with Crippen LogP contribution in [0, 0.1) is 0 Å². The Morgan fingerprint density at radius 1 is 0.515 bits per heavy atom. The molecule has 0 radical (unpaired) electrons. The van der Waals surface area contributed by atoms with Gasteiger partial charge in [0.1, 0.15) is 0 Å². The van der Waals surface area contributed by atoms with E-state index < -0.39 is 40.2 Å². The molecule has 12 heteroatoms. The van der Waals surface area contributed by atoms with E-state index in [0.29, 0.717) is 12.8 Å². The maximum absolute atomic E-state index is 14.3. The zero-order chi connectivity index (χ0) is 26.0. The van der Waals surface area contributed by atoms with E-state index in [-0.39, 0.29) is 12.8 Å². The second-order valence-corrected chi connectivity index (χ2v) is 10.2. The van der Waals surface area contributed by atoms with Crippen LogP contribution in [0.25, 0.3) is 0 Å². The third-order valence-electron chi connectivity index (χ3n) is 5.57. The standard InChI is InChI=1S/C21H32F11I/c1-2-3-4-5-6-7-8-9-10-11-12-13-14-16(33)15-17(22,20(27,28)29)18(23,24)19(25,26)21(30,31)32/h16H,2-15H2,1H3. The Hall–Kier alpha value is -0.0400. The molecule has 0 bridgehead atoms. The maximum atomic E-state index is 14.3. The van der Waals surface area contributed by atoms with Crippen LogP contribution in [0.5, 0.6) is 0 Å². The fourth-order valence-corrected chi connectivity index (χ4v) is 4.51. The highest BCUT2D eigenvalue weighted by Gasteiger charge is 2.86. The molecule has 0 aromatic heterocycles. The van der Waals surface area contributed by atoms with Crippen LogP contribution in [0.15, 0.2) is 0 Å². The van der Waals surface area contributed by atoms with Crippen LogP contribution in [0.1, 0.15) is 96.8 Å². The van der Waals surface area contributed by atoms with Crippen molar-refractivity contribution in [2.24, 2.45) is 0 Å². The van der Waals surface area contributed by atoms with Crippen molar-refractivity contribution >= 4 is 22.6 Å². The monoisotopic (exact) mass is 620 g/mol. The van der Waals surface area contributed by atoms with E-state index in [1.54, 1.807) is 0 Å². The highest BCUT2D eigenvalue weighted by molar-refractivity contribution is 14.1. The Bertz CT molecular complexity index is 531. The molecular weight excluding hydrogens is 588 g/mol. The normalized spacial score (nSPS) is 16.6. The number of hydrogen-bond donors (Lipinski definition) is 0. The summed E-state index contributed by atoms with van der Waals surface area (Å²) >= 11 is 1.19. The summed E-state index contributed by atoms with van der Waals surface area (Å²) in [5, 5.41) is 0. The second kappa shape index (κ2) is 13.9. The van der Waals surface area contributed by atoms with Gasteiger partial charge in [-0.05, 0) is 6.42 Å². The molecule has 0 nitrogen and oxygen atoms in total. The van der Waals surface area contributed by atoms with Crippen molar-refractivity contribution in [3.63, 3.8) is 0 Å². The van der Waals surface area contributed by atoms with Crippen LogP contribution >= 0.6 is 22.6 Å². The topological polar surface area (TPSA) is 0 Å². The van der Waals surface area contributed by atoms with Gasteiger partial charge in [0, 0.05) is 10.3 Å². The predicted molar refractivity (Wildman–Crippen MR) is 114 cm³/mol. The largest absolute Gasteiger partial charge is 0.460 e. The Morgan fingerprint density at radius 3 is 1.21 bits per heavy atom. The average molecular weight is 620 g/mol. The molecule has 0 amide bonds. The molecule has 0 heterocycles. The predicted octanol–water partition coefficient (Wildman–Crippen LogP) is 10.4. The van der Waals surface area contributed by atoms with E-state index >= 15 is 0 Å². The van der Waals surface area contributed by atoms with Crippen molar-refractivity contribution in [2.75, 3.05) is 0 Å². The molecule has 0 fully saturated rings. The maximum Gasteiger partial charge on any atom is 0.460 e. The smallest absolute Gasteiger partial charge is 0.227 e. The van der Waals surface area contributed by atoms with Crippen molar-refractivity contribution in [3.8, 4) is 0 Å². The van der Waals surface area contributed by atoms with Gasteiger partial charge in [-0.2, -0.15) is 43.9 Å². The molecule has 0 spiro atoms. The first-order valence-corrected chi connectivity index (χ1v) is 12.4. The molecule has 0 aromatic rings.